The molecule has 0 heterocycles. The van der Waals surface area contributed by atoms with E-state index in [2.05, 4.69) is 19.2 Å². The van der Waals surface area contributed by atoms with Gasteiger partial charge in [-0.3, -0.25) is 0 Å². The van der Waals surface area contributed by atoms with E-state index in [0.29, 0.717) is 26.4 Å². The summed E-state index contributed by atoms with van der Waals surface area (Å²) in [7, 11) is 0. The summed E-state index contributed by atoms with van der Waals surface area (Å²) in [4.78, 5) is 0. The first-order valence-electron chi connectivity index (χ1n) is 6.91. The minimum atomic E-state index is -0.179. The molecule has 19 heavy (non-hydrogen) atoms. The summed E-state index contributed by atoms with van der Waals surface area (Å²) in [6.45, 7) is 12.3. The Kier molecular flexibility index (Phi) is 9.56. The maximum absolute atomic E-state index is 9.14. The van der Waals surface area contributed by atoms with Crippen LogP contribution < -0.4 is 5.32 Å². The van der Waals surface area contributed by atoms with Crippen molar-refractivity contribution in [3.8, 4) is 0 Å². The second-order valence-electron chi connectivity index (χ2n) is 6.49. The molecule has 0 unspecified atom stereocenters. The summed E-state index contributed by atoms with van der Waals surface area (Å²) in [5.74, 6) is 0. The van der Waals surface area contributed by atoms with E-state index in [9.17, 15) is 0 Å². The van der Waals surface area contributed by atoms with Gasteiger partial charge in [0.2, 0.25) is 0 Å². The molecule has 0 atom stereocenters. The van der Waals surface area contributed by atoms with E-state index in [4.69, 9.17) is 19.7 Å². The van der Waals surface area contributed by atoms with Crippen LogP contribution in [0, 0.1) is 10.8 Å². The van der Waals surface area contributed by atoms with Crippen LogP contribution in [0.3, 0.4) is 0 Å². The summed E-state index contributed by atoms with van der Waals surface area (Å²) < 4.78 is 10.9. The quantitative estimate of drug-likeness (QED) is 0.457. The Morgan fingerprint density at radius 1 is 0.895 bits per heavy atom. The van der Waals surface area contributed by atoms with Crippen molar-refractivity contribution < 1.29 is 19.7 Å². The monoisotopic (exact) mass is 277 g/mol. The molecule has 0 aliphatic heterocycles. The number of nitrogens with one attached hydrogen (secondary N) is 1. The van der Waals surface area contributed by atoms with Gasteiger partial charge in [-0.2, -0.15) is 0 Å². The average Bonchev–Trinajstić information content (AvgIpc) is 2.33. The van der Waals surface area contributed by atoms with Crippen LogP contribution in [0.5, 0.6) is 0 Å². The van der Waals surface area contributed by atoms with Crippen molar-refractivity contribution in [3.63, 3.8) is 0 Å². The molecule has 0 saturated carbocycles. The maximum Gasteiger partial charge on any atom is 0.0698 e. The zero-order valence-corrected chi connectivity index (χ0v) is 12.9. The highest BCUT2D eigenvalue weighted by atomic mass is 16.5. The fourth-order valence-corrected chi connectivity index (χ4v) is 1.44. The molecular weight excluding hydrogens is 246 g/mol. The molecule has 0 bridgehead atoms. The van der Waals surface area contributed by atoms with Crippen LogP contribution in [-0.2, 0) is 9.47 Å². The normalized spacial score (nSPS) is 12.9. The Labute approximate surface area is 117 Å². The SMILES string of the molecule is CC(C)(CO)COCC(C)(C)CNCCOCCO. The second kappa shape index (κ2) is 9.66. The Balaban J connectivity index is 3.63. The molecule has 116 valence electrons. The van der Waals surface area contributed by atoms with Crippen molar-refractivity contribution in [2.24, 2.45) is 10.8 Å². The fourth-order valence-electron chi connectivity index (χ4n) is 1.44. The van der Waals surface area contributed by atoms with Gasteiger partial charge in [-0.25, -0.2) is 0 Å². The molecule has 0 spiro atoms. The highest BCUT2D eigenvalue weighted by Crippen LogP contribution is 2.18. The van der Waals surface area contributed by atoms with Gasteiger partial charge in [0, 0.05) is 23.9 Å². The summed E-state index contributed by atoms with van der Waals surface area (Å²) in [5.41, 5.74) is -0.135. The number of aliphatic hydroxyl groups excluding tert-OH is 2. The summed E-state index contributed by atoms with van der Waals surface area (Å²) in [6.07, 6.45) is 0. The number of hydrogen-bond donors (Lipinski definition) is 3. The first-order chi connectivity index (χ1) is 8.83. The van der Waals surface area contributed by atoms with Crippen molar-refractivity contribution in [3.05, 3.63) is 0 Å². The molecular formula is C14H31NO4. The van der Waals surface area contributed by atoms with Crippen molar-refractivity contribution in [2.45, 2.75) is 27.7 Å². The zero-order chi connectivity index (χ0) is 14.8. The van der Waals surface area contributed by atoms with E-state index in [1.807, 2.05) is 13.8 Å². The van der Waals surface area contributed by atoms with Gasteiger partial charge < -0.3 is 25.0 Å². The van der Waals surface area contributed by atoms with Gasteiger partial charge in [-0.15, -0.1) is 0 Å². The van der Waals surface area contributed by atoms with E-state index in [0.717, 1.165) is 13.1 Å². The molecule has 0 aromatic rings. The molecule has 0 aliphatic carbocycles. The van der Waals surface area contributed by atoms with Gasteiger partial charge in [-0.1, -0.05) is 27.7 Å². The van der Waals surface area contributed by atoms with Gasteiger partial charge in [-0.05, 0) is 0 Å². The average molecular weight is 277 g/mol. The lowest BCUT2D eigenvalue weighted by molar-refractivity contribution is -0.00573. The van der Waals surface area contributed by atoms with Gasteiger partial charge in [0.05, 0.1) is 39.6 Å². The summed E-state index contributed by atoms with van der Waals surface area (Å²) in [5, 5.41) is 21.0. The Hall–Kier alpha value is -0.200. The summed E-state index contributed by atoms with van der Waals surface area (Å²) >= 11 is 0. The van der Waals surface area contributed by atoms with E-state index in [1.54, 1.807) is 0 Å². The predicted molar refractivity (Wildman–Crippen MR) is 76.2 cm³/mol. The topological polar surface area (TPSA) is 71.0 Å². The Bertz CT molecular complexity index is 219. The van der Waals surface area contributed by atoms with E-state index in [-0.39, 0.29) is 24.0 Å². The first kappa shape index (κ1) is 18.8. The Morgan fingerprint density at radius 2 is 1.53 bits per heavy atom. The highest BCUT2D eigenvalue weighted by Gasteiger charge is 2.21. The molecule has 3 N–H and O–H groups in total. The van der Waals surface area contributed by atoms with E-state index in [1.165, 1.54) is 0 Å². The van der Waals surface area contributed by atoms with Crippen LogP contribution in [0.15, 0.2) is 0 Å². The summed E-state index contributed by atoms with van der Waals surface area (Å²) in [6, 6.07) is 0. The van der Waals surface area contributed by atoms with Crippen molar-refractivity contribution in [1.82, 2.24) is 5.32 Å². The number of rotatable bonds is 12. The minimum Gasteiger partial charge on any atom is -0.396 e. The molecule has 0 saturated heterocycles. The van der Waals surface area contributed by atoms with Crippen molar-refractivity contribution >= 4 is 0 Å². The zero-order valence-electron chi connectivity index (χ0n) is 12.9. The molecule has 0 fully saturated rings. The van der Waals surface area contributed by atoms with Gasteiger partial charge >= 0.3 is 0 Å². The van der Waals surface area contributed by atoms with Gasteiger partial charge in [0.25, 0.3) is 0 Å². The van der Waals surface area contributed by atoms with Gasteiger partial charge in [0.1, 0.15) is 0 Å². The molecule has 0 aromatic heterocycles. The first-order valence-corrected chi connectivity index (χ1v) is 6.91. The smallest absolute Gasteiger partial charge is 0.0698 e. The van der Waals surface area contributed by atoms with Crippen LogP contribution in [0.25, 0.3) is 0 Å². The van der Waals surface area contributed by atoms with Crippen LogP contribution in [-0.4, -0.2) is 62.9 Å². The largest absolute Gasteiger partial charge is 0.396 e. The molecule has 0 amide bonds. The second-order valence-corrected chi connectivity index (χ2v) is 6.49. The molecule has 5 heteroatoms. The number of aliphatic hydroxyl groups is 2. The predicted octanol–water partition coefficient (Wildman–Crippen LogP) is 0.646. The highest BCUT2D eigenvalue weighted by molar-refractivity contribution is 4.72. The van der Waals surface area contributed by atoms with Crippen LogP contribution >= 0.6 is 0 Å². The van der Waals surface area contributed by atoms with Crippen LogP contribution in [0.4, 0.5) is 0 Å². The number of ether oxygens (including phenoxy) is 2. The van der Waals surface area contributed by atoms with Crippen LogP contribution in [0.1, 0.15) is 27.7 Å². The molecule has 0 aromatic carbocycles. The molecule has 5 nitrogen and oxygen atoms in total. The van der Waals surface area contributed by atoms with Crippen molar-refractivity contribution in [2.75, 3.05) is 52.7 Å². The molecule has 0 rings (SSSR count). The lowest BCUT2D eigenvalue weighted by Crippen LogP contribution is -2.36. The Morgan fingerprint density at radius 3 is 2.11 bits per heavy atom. The molecule has 0 radical (unpaired) electrons. The minimum absolute atomic E-state index is 0.0442. The third-order valence-electron chi connectivity index (χ3n) is 2.68. The van der Waals surface area contributed by atoms with Gasteiger partial charge in [0.15, 0.2) is 0 Å². The fraction of sp³-hybridized carbons (Fsp3) is 1.00. The molecule has 0 aliphatic rings. The standard InChI is InChI=1S/C14H31NO4/c1-13(2,9-15-5-7-18-8-6-16)11-19-12-14(3,4)10-17/h15-17H,5-12H2,1-4H3. The third kappa shape index (κ3) is 11.3. The number of hydrogen-bond acceptors (Lipinski definition) is 5. The van der Waals surface area contributed by atoms with Crippen LogP contribution in [0.2, 0.25) is 0 Å². The maximum atomic E-state index is 9.14. The van der Waals surface area contributed by atoms with Crippen molar-refractivity contribution in [1.29, 1.82) is 0 Å². The third-order valence-corrected chi connectivity index (χ3v) is 2.68. The van der Waals surface area contributed by atoms with E-state index < -0.39 is 0 Å². The van der Waals surface area contributed by atoms with E-state index >= 15 is 0 Å². The lowest BCUT2D eigenvalue weighted by atomic mass is 9.93. The lowest BCUT2D eigenvalue weighted by Gasteiger charge is -2.28.